The quantitative estimate of drug-likeness (QED) is 0.254. The van der Waals surface area contributed by atoms with Crippen molar-refractivity contribution in [1.82, 2.24) is 9.97 Å². The Balaban J connectivity index is 1.33. The molecule has 32 heavy (non-hydrogen) atoms. The normalized spacial score (nSPS) is 11.3. The van der Waals surface area contributed by atoms with Crippen molar-refractivity contribution in [1.29, 1.82) is 0 Å². The van der Waals surface area contributed by atoms with Crippen molar-refractivity contribution in [3.05, 3.63) is 101 Å². The van der Waals surface area contributed by atoms with Crippen LogP contribution in [-0.4, -0.2) is 16.2 Å². The Bertz CT molecular complexity index is 1390. The summed E-state index contributed by atoms with van der Waals surface area (Å²) in [7, 11) is 0. The maximum Gasteiger partial charge on any atom is 0.124 e. The molecule has 0 atom stereocenters. The van der Waals surface area contributed by atoms with Gasteiger partial charge in [-0.1, -0.05) is 54.6 Å². The third kappa shape index (κ3) is 4.42. The molecule has 0 aliphatic heterocycles. The summed E-state index contributed by atoms with van der Waals surface area (Å²) in [5.41, 5.74) is 5.62. The zero-order valence-electron chi connectivity index (χ0n) is 17.2. The molecule has 3 nitrogen and oxygen atoms in total. The van der Waals surface area contributed by atoms with Gasteiger partial charge in [0.1, 0.15) is 15.8 Å². The van der Waals surface area contributed by atoms with Crippen molar-refractivity contribution in [2.24, 2.45) is 4.99 Å². The second kappa shape index (κ2) is 8.94. The molecule has 6 heteroatoms. The van der Waals surface area contributed by atoms with Gasteiger partial charge in [0.25, 0.3) is 0 Å². The predicted octanol–water partition coefficient (Wildman–Crippen LogP) is 7.80. The number of nitrogens with zero attached hydrogens (tertiary/aromatic N) is 3. The Kier molecular flexibility index (Phi) is 5.71. The number of aliphatic imine (C=N–C) groups is 1. The Labute approximate surface area is 193 Å². The minimum Gasteiger partial charge on any atom is -0.255 e. The molecule has 0 spiro atoms. The summed E-state index contributed by atoms with van der Waals surface area (Å²) in [5.74, 6) is -0.256. The van der Waals surface area contributed by atoms with Crippen molar-refractivity contribution < 1.29 is 4.39 Å². The van der Waals surface area contributed by atoms with E-state index in [2.05, 4.69) is 27.1 Å². The second-order valence-electron chi connectivity index (χ2n) is 7.19. The van der Waals surface area contributed by atoms with E-state index in [9.17, 15) is 4.39 Å². The SMILES string of the molecule is Cc1nc(-c2ccccc2)sc1C=Nc1ccc(-c2csc(-c3cccc(F)c3)n2)cc1. The summed E-state index contributed by atoms with van der Waals surface area (Å²) in [4.78, 5) is 15.0. The monoisotopic (exact) mass is 455 g/mol. The standard InChI is InChI=1S/C26H18FN3S2/c1-17-24(32-26(29-17)19-6-3-2-4-7-19)15-28-22-12-10-18(11-13-22)23-16-31-25(30-23)20-8-5-9-21(27)14-20/h2-16H,1H3. The minimum atomic E-state index is -0.256. The summed E-state index contributed by atoms with van der Waals surface area (Å²) in [6.07, 6.45) is 1.87. The topological polar surface area (TPSA) is 38.1 Å². The lowest BCUT2D eigenvalue weighted by molar-refractivity contribution is 0.628. The van der Waals surface area contributed by atoms with Crippen LogP contribution < -0.4 is 0 Å². The van der Waals surface area contributed by atoms with E-state index in [-0.39, 0.29) is 5.82 Å². The molecule has 0 aliphatic rings. The molecule has 0 radical (unpaired) electrons. The molecule has 0 unspecified atom stereocenters. The zero-order valence-corrected chi connectivity index (χ0v) is 18.8. The van der Waals surface area contributed by atoms with Gasteiger partial charge in [0.05, 0.1) is 22.0 Å². The van der Waals surface area contributed by atoms with E-state index in [4.69, 9.17) is 0 Å². The van der Waals surface area contributed by atoms with Gasteiger partial charge in [-0.3, -0.25) is 4.99 Å². The molecule has 156 valence electrons. The predicted molar refractivity (Wildman–Crippen MR) is 132 cm³/mol. The molecular weight excluding hydrogens is 437 g/mol. The van der Waals surface area contributed by atoms with Gasteiger partial charge in [-0.15, -0.1) is 22.7 Å². The number of aryl methyl sites for hydroxylation is 1. The van der Waals surface area contributed by atoms with Gasteiger partial charge in [-0.05, 0) is 31.2 Å². The van der Waals surface area contributed by atoms with Crippen LogP contribution in [0.4, 0.5) is 10.1 Å². The summed E-state index contributed by atoms with van der Waals surface area (Å²) in [6, 6.07) is 24.6. The molecule has 0 saturated carbocycles. The maximum atomic E-state index is 13.5. The Morgan fingerprint density at radius 2 is 1.59 bits per heavy atom. The Morgan fingerprint density at radius 3 is 2.38 bits per heavy atom. The first-order valence-corrected chi connectivity index (χ1v) is 11.7. The zero-order chi connectivity index (χ0) is 21.9. The maximum absolute atomic E-state index is 13.5. The summed E-state index contributed by atoms with van der Waals surface area (Å²) in [6.45, 7) is 2.01. The smallest absolute Gasteiger partial charge is 0.124 e. The van der Waals surface area contributed by atoms with Crippen molar-refractivity contribution in [2.45, 2.75) is 6.92 Å². The van der Waals surface area contributed by atoms with Gasteiger partial charge >= 0.3 is 0 Å². The lowest BCUT2D eigenvalue weighted by Crippen LogP contribution is -1.82. The van der Waals surface area contributed by atoms with Crippen molar-refractivity contribution >= 4 is 34.6 Å². The minimum absolute atomic E-state index is 0.256. The molecule has 3 aromatic carbocycles. The molecule has 0 saturated heterocycles. The van der Waals surface area contributed by atoms with Crippen LogP contribution in [0.2, 0.25) is 0 Å². The van der Waals surface area contributed by atoms with Crippen molar-refractivity contribution in [3.8, 4) is 32.4 Å². The fraction of sp³-hybridized carbons (Fsp3) is 0.0385. The van der Waals surface area contributed by atoms with Gasteiger partial charge in [-0.2, -0.15) is 0 Å². The average Bonchev–Trinajstić information content (AvgIpc) is 3.46. The van der Waals surface area contributed by atoms with E-state index in [1.54, 1.807) is 17.4 Å². The van der Waals surface area contributed by atoms with E-state index in [0.29, 0.717) is 0 Å². The first kappa shape index (κ1) is 20.4. The molecule has 0 amide bonds. The first-order chi connectivity index (χ1) is 15.7. The summed E-state index contributed by atoms with van der Waals surface area (Å²) in [5, 5.41) is 3.79. The van der Waals surface area contributed by atoms with Crippen LogP contribution >= 0.6 is 22.7 Å². The van der Waals surface area contributed by atoms with Crippen molar-refractivity contribution in [2.75, 3.05) is 0 Å². The van der Waals surface area contributed by atoms with Crippen LogP contribution in [0.1, 0.15) is 10.6 Å². The fourth-order valence-corrected chi connectivity index (χ4v) is 5.01. The third-order valence-electron chi connectivity index (χ3n) is 4.92. The number of rotatable bonds is 5. The average molecular weight is 456 g/mol. The van der Waals surface area contributed by atoms with Crippen LogP contribution in [0, 0.1) is 12.7 Å². The molecular formula is C26H18FN3S2. The molecule has 2 aromatic heterocycles. The van der Waals surface area contributed by atoms with E-state index in [1.807, 2.05) is 67.0 Å². The summed E-state index contributed by atoms with van der Waals surface area (Å²) < 4.78 is 13.5. The van der Waals surface area contributed by atoms with E-state index >= 15 is 0 Å². The highest BCUT2D eigenvalue weighted by Crippen LogP contribution is 2.31. The number of hydrogen-bond donors (Lipinski definition) is 0. The van der Waals surface area contributed by atoms with Crippen molar-refractivity contribution in [3.63, 3.8) is 0 Å². The molecule has 0 bridgehead atoms. The molecule has 0 fully saturated rings. The molecule has 2 heterocycles. The number of hydrogen-bond acceptors (Lipinski definition) is 5. The van der Waals surface area contributed by atoms with Crippen LogP contribution in [0.15, 0.2) is 89.2 Å². The Hall–Kier alpha value is -3.48. The highest BCUT2D eigenvalue weighted by molar-refractivity contribution is 7.16. The van der Waals surface area contributed by atoms with Crippen LogP contribution in [0.3, 0.4) is 0 Å². The highest BCUT2D eigenvalue weighted by atomic mass is 32.1. The number of aromatic nitrogens is 2. The fourth-order valence-electron chi connectivity index (χ4n) is 3.24. The van der Waals surface area contributed by atoms with Gasteiger partial charge in [0, 0.05) is 28.3 Å². The highest BCUT2D eigenvalue weighted by Gasteiger charge is 2.09. The van der Waals surface area contributed by atoms with E-state index < -0.39 is 0 Å². The van der Waals surface area contributed by atoms with Crippen LogP contribution in [-0.2, 0) is 0 Å². The van der Waals surface area contributed by atoms with E-state index in [1.165, 1.54) is 23.5 Å². The lowest BCUT2D eigenvalue weighted by Gasteiger charge is -1.99. The molecule has 5 aromatic rings. The van der Waals surface area contributed by atoms with Gasteiger partial charge in [-0.25, -0.2) is 14.4 Å². The van der Waals surface area contributed by atoms with Crippen LogP contribution in [0.25, 0.3) is 32.4 Å². The largest absolute Gasteiger partial charge is 0.255 e. The number of halogens is 1. The molecule has 0 N–H and O–H groups in total. The van der Waals surface area contributed by atoms with E-state index in [0.717, 1.165) is 48.7 Å². The molecule has 0 aliphatic carbocycles. The van der Waals surface area contributed by atoms with Gasteiger partial charge in [0.15, 0.2) is 0 Å². The number of thiazole rings is 2. The van der Waals surface area contributed by atoms with Crippen LogP contribution in [0.5, 0.6) is 0 Å². The first-order valence-electron chi connectivity index (χ1n) is 10.0. The summed E-state index contributed by atoms with van der Waals surface area (Å²) >= 11 is 3.14. The molecule has 5 rings (SSSR count). The lowest BCUT2D eigenvalue weighted by atomic mass is 10.1. The van der Waals surface area contributed by atoms with Gasteiger partial charge < -0.3 is 0 Å². The third-order valence-corrected chi connectivity index (χ3v) is 6.96. The van der Waals surface area contributed by atoms with Gasteiger partial charge in [0.2, 0.25) is 0 Å². The number of benzene rings is 3. The Morgan fingerprint density at radius 1 is 0.812 bits per heavy atom. The second-order valence-corrected chi connectivity index (χ2v) is 9.08.